The van der Waals surface area contributed by atoms with Gasteiger partial charge in [0.1, 0.15) is 11.6 Å². The fourth-order valence-electron chi connectivity index (χ4n) is 2.51. The predicted molar refractivity (Wildman–Crippen MR) is 88.5 cm³/mol. The quantitative estimate of drug-likeness (QED) is 0.777. The molecule has 134 valence electrons. The number of sulfonamides is 1. The molecule has 1 fully saturated rings. The number of rotatable bonds is 8. The van der Waals surface area contributed by atoms with Crippen LogP contribution in [0, 0.1) is 5.82 Å². The van der Waals surface area contributed by atoms with E-state index >= 15 is 0 Å². The van der Waals surface area contributed by atoms with Gasteiger partial charge in [0.25, 0.3) is 0 Å². The van der Waals surface area contributed by atoms with Gasteiger partial charge in [-0.1, -0.05) is 0 Å². The molecule has 1 amide bonds. The molecule has 1 aromatic carbocycles. The van der Waals surface area contributed by atoms with E-state index in [1.165, 1.54) is 12.1 Å². The Hall–Kier alpha value is -2.19. The van der Waals surface area contributed by atoms with E-state index < -0.39 is 15.8 Å². The molecule has 0 radical (unpaired) electrons. The molecule has 1 aliphatic carbocycles. The maximum Gasteiger partial charge on any atom is 0.240 e. The van der Waals surface area contributed by atoms with Crippen LogP contribution in [0.3, 0.4) is 0 Å². The number of amides is 1. The van der Waals surface area contributed by atoms with Crippen molar-refractivity contribution in [2.45, 2.75) is 36.7 Å². The summed E-state index contributed by atoms with van der Waals surface area (Å²) in [7, 11) is -3.76. The van der Waals surface area contributed by atoms with Crippen LogP contribution in [-0.4, -0.2) is 31.8 Å². The highest BCUT2D eigenvalue weighted by atomic mass is 32.2. The van der Waals surface area contributed by atoms with E-state index in [0.29, 0.717) is 12.3 Å². The molecule has 25 heavy (non-hydrogen) atoms. The highest BCUT2D eigenvalue weighted by molar-refractivity contribution is 7.89. The first-order chi connectivity index (χ1) is 12.0. The van der Waals surface area contributed by atoms with Crippen molar-refractivity contribution in [3.05, 3.63) is 54.2 Å². The molecule has 6 nitrogen and oxygen atoms in total. The summed E-state index contributed by atoms with van der Waals surface area (Å²) >= 11 is 0. The van der Waals surface area contributed by atoms with Crippen molar-refractivity contribution in [1.29, 1.82) is 0 Å². The normalized spacial score (nSPS) is 14.4. The third-order valence-electron chi connectivity index (χ3n) is 3.97. The van der Waals surface area contributed by atoms with E-state index in [0.717, 1.165) is 25.0 Å². The maximum absolute atomic E-state index is 12.9. The Bertz CT molecular complexity index is 815. The second-order valence-corrected chi connectivity index (χ2v) is 7.70. The first-order valence-corrected chi connectivity index (χ1v) is 9.51. The van der Waals surface area contributed by atoms with Crippen LogP contribution in [0.4, 0.5) is 4.39 Å². The van der Waals surface area contributed by atoms with Crippen molar-refractivity contribution in [2.75, 3.05) is 6.54 Å². The molecule has 1 aliphatic rings. The topological polar surface area (TPSA) is 79.6 Å². The maximum atomic E-state index is 12.9. The zero-order chi connectivity index (χ0) is 17.9. The molecule has 2 aromatic rings. The van der Waals surface area contributed by atoms with Gasteiger partial charge in [0.2, 0.25) is 15.9 Å². The number of hydrogen-bond donors (Lipinski definition) is 1. The lowest BCUT2D eigenvalue weighted by atomic mass is 10.3. The summed E-state index contributed by atoms with van der Waals surface area (Å²) in [5.74, 6) is 0.0694. The number of carbonyl (C=O) groups is 1. The molecule has 0 aliphatic heterocycles. The van der Waals surface area contributed by atoms with E-state index in [1.54, 1.807) is 23.3 Å². The van der Waals surface area contributed by atoms with Crippen LogP contribution >= 0.6 is 0 Å². The van der Waals surface area contributed by atoms with Crippen LogP contribution in [0.5, 0.6) is 0 Å². The molecule has 0 saturated heterocycles. The number of halogens is 1. The van der Waals surface area contributed by atoms with Crippen LogP contribution in [-0.2, 0) is 21.4 Å². The Labute approximate surface area is 145 Å². The minimum absolute atomic E-state index is 0.0140. The largest absolute Gasteiger partial charge is 0.467 e. The lowest BCUT2D eigenvalue weighted by Crippen LogP contribution is -2.35. The van der Waals surface area contributed by atoms with Crippen LogP contribution in [0.2, 0.25) is 0 Å². The summed E-state index contributed by atoms with van der Waals surface area (Å²) in [4.78, 5) is 14.1. The molecule has 0 spiro atoms. The molecule has 0 atom stereocenters. The van der Waals surface area contributed by atoms with Gasteiger partial charge in [-0.05, 0) is 49.2 Å². The van der Waals surface area contributed by atoms with E-state index in [2.05, 4.69) is 4.72 Å². The van der Waals surface area contributed by atoms with Crippen LogP contribution in [0.25, 0.3) is 0 Å². The van der Waals surface area contributed by atoms with E-state index in [4.69, 9.17) is 4.42 Å². The molecule has 0 unspecified atom stereocenters. The van der Waals surface area contributed by atoms with E-state index in [-0.39, 0.29) is 29.8 Å². The average molecular weight is 366 g/mol. The van der Waals surface area contributed by atoms with E-state index in [1.807, 2.05) is 0 Å². The van der Waals surface area contributed by atoms with Gasteiger partial charge in [-0.3, -0.25) is 4.79 Å². The second kappa shape index (κ2) is 7.37. The first kappa shape index (κ1) is 17.6. The Morgan fingerprint density at radius 2 is 1.96 bits per heavy atom. The molecular weight excluding hydrogens is 347 g/mol. The molecule has 1 saturated carbocycles. The first-order valence-electron chi connectivity index (χ1n) is 8.03. The summed E-state index contributed by atoms with van der Waals surface area (Å²) in [6.07, 6.45) is 3.51. The van der Waals surface area contributed by atoms with Gasteiger partial charge in [0.05, 0.1) is 17.7 Å². The summed E-state index contributed by atoms with van der Waals surface area (Å²) in [5, 5.41) is 0. The third kappa shape index (κ3) is 4.67. The summed E-state index contributed by atoms with van der Waals surface area (Å²) < 4.78 is 44.8. The number of benzene rings is 1. The fraction of sp³-hybridized carbons (Fsp3) is 0.353. The van der Waals surface area contributed by atoms with Crippen LogP contribution < -0.4 is 4.72 Å². The Balaban J connectivity index is 1.55. The number of nitrogens with one attached hydrogen (secondary N) is 1. The Kier molecular flexibility index (Phi) is 5.19. The Morgan fingerprint density at radius 3 is 2.56 bits per heavy atom. The van der Waals surface area contributed by atoms with Crippen molar-refractivity contribution in [3.63, 3.8) is 0 Å². The highest BCUT2D eigenvalue weighted by Crippen LogP contribution is 2.29. The zero-order valence-corrected chi connectivity index (χ0v) is 14.3. The highest BCUT2D eigenvalue weighted by Gasteiger charge is 2.32. The SMILES string of the molecule is O=C(CCNS(=O)(=O)c1ccc(F)cc1)N(Cc1ccco1)C1CC1. The smallest absolute Gasteiger partial charge is 0.240 e. The van der Waals surface area contributed by atoms with Gasteiger partial charge in [-0.25, -0.2) is 17.5 Å². The van der Waals surface area contributed by atoms with E-state index in [9.17, 15) is 17.6 Å². The van der Waals surface area contributed by atoms with Gasteiger partial charge in [0.15, 0.2) is 0 Å². The molecule has 1 N–H and O–H groups in total. The summed E-state index contributed by atoms with van der Waals surface area (Å²) in [6.45, 7) is 0.376. The predicted octanol–water partition coefficient (Wildman–Crippen LogP) is 2.28. The lowest BCUT2D eigenvalue weighted by molar-refractivity contribution is -0.132. The van der Waals surface area contributed by atoms with Gasteiger partial charge in [-0.15, -0.1) is 0 Å². The molecule has 1 heterocycles. The minimum Gasteiger partial charge on any atom is -0.467 e. The minimum atomic E-state index is -3.76. The monoisotopic (exact) mass is 366 g/mol. The standard InChI is InChI=1S/C17H19FN2O4S/c18-13-3-7-16(8-4-13)25(22,23)19-10-9-17(21)20(14-5-6-14)12-15-2-1-11-24-15/h1-4,7-8,11,14,19H,5-6,9-10,12H2. The average Bonchev–Trinajstić information content (AvgIpc) is 3.28. The van der Waals surface area contributed by atoms with Gasteiger partial charge < -0.3 is 9.32 Å². The van der Waals surface area contributed by atoms with Crippen molar-refractivity contribution in [2.24, 2.45) is 0 Å². The summed E-state index contributed by atoms with van der Waals surface area (Å²) in [5.41, 5.74) is 0. The van der Waals surface area contributed by atoms with Crippen LogP contribution in [0.15, 0.2) is 52.0 Å². The zero-order valence-electron chi connectivity index (χ0n) is 13.5. The van der Waals surface area contributed by atoms with Crippen LogP contribution in [0.1, 0.15) is 25.0 Å². The lowest BCUT2D eigenvalue weighted by Gasteiger charge is -2.21. The molecule has 0 bridgehead atoms. The molecule has 1 aromatic heterocycles. The number of hydrogen-bond acceptors (Lipinski definition) is 4. The van der Waals surface area contributed by atoms with Gasteiger partial charge >= 0.3 is 0 Å². The van der Waals surface area contributed by atoms with Crippen molar-refractivity contribution in [1.82, 2.24) is 9.62 Å². The second-order valence-electron chi connectivity index (χ2n) is 5.93. The number of nitrogens with zero attached hydrogens (tertiary/aromatic N) is 1. The molecule has 8 heteroatoms. The van der Waals surface area contributed by atoms with Crippen molar-refractivity contribution >= 4 is 15.9 Å². The molecule has 3 rings (SSSR count). The summed E-state index contributed by atoms with van der Waals surface area (Å²) in [6, 6.07) is 8.31. The van der Waals surface area contributed by atoms with Gasteiger partial charge in [0, 0.05) is 19.0 Å². The number of carbonyl (C=O) groups excluding carboxylic acids is 1. The third-order valence-corrected chi connectivity index (χ3v) is 5.45. The molecular formula is C17H19FN2O4S. The Morgan fingerprint density at radius 1 is 1.24 bits per heavy atom. The van der Waals surface area contributed by atoms with Crippen molar-refractivity contribution < 1.29 is 22.0 Å². The number of furan rings is 1. The van der Waals surface area contributed by atoms with Gasteiger partial charge in [-0.2, -0.15) is 0 Å². The van der Waals surface area contributed by atoms with Crippen molar-refractivity contribution in [3.8, 4) is 0 Å². The fourth-order valence-corrected chi connectivity index (χ4v) is 3.54.